The van der Waals surface area contributed by atoms with Gasteiger partial charge in [0.2, 0.25) is 0 Å². The number of hydrogen-bond acceptors (Lipinski definition) is 4. The molecule has 0 aromatic carbocycles. The summed E-state index contributed by atoms with van der Waals surface area (Å²) in [6.07, 6.45) is 17.4. The average molecular weight is 399 g/mol. The molecule has 4 heteroatoms. The predicted molar refractivity (Wildman–Crippen MR) is 116 cm³/mol. The number of hydrogen-bond donors (Lipinski definition) is 0. The Bertz CT molecular complexity index is 379. The molecule has 1 atom stereocenters. The fraction of sp³-hybridized carbons (Fsp3) is 0.917. The van der Waals surface area contributed by atoms with E-state index in [0.717, 1.165) is 32.1 Å². The fourth-order valence-electron chi connectivity index (χ4n) is 3.35. The van der Waals surface area contributed by atoms with Crippen molar-refractivity contribution in [2.24, 2.45) is 0 Å². The van der Waals surface area contributed by atoms with Crippen molar-refractivity contribution < 1.29 is 19.1 Å². The van der Waals surface area contributed by atoms with Crippen LogP contribution in [0.1, 0.15) is 130 Å². The zero-order valence-corrected chi connectivity index (χ0v) is 19.1. The highest BCUT2D eigenvalue weighted by atomic mass is 16.5. The summed E-state index contributed by atoms with van der Waals surface area (Å²) in [4.78, 5) is 23.1. The molecule has 0 saturated heterocycles. The minimum absolute atomic E-state index is 0.00562. The number of esters is 2. The quantitative estimate of drug-likeness (QED) is 0.171. The van der Waals surface area contributed by atoms with E-state index in [9.17, 15) is 9.59 Å². The molecular formula is C24H46O4. The lowest BCUT2D eigenvalue weighted by molar-refractivity contribution is -0.149. The van der Waals surface area contributed by atoms with Gasteiger partial charge in [-0.05, 0) is 46.0 Å². The van der Waals surface area contributed by atoms with Crippen LogP contribution in [0.5, 0.6) is 0 Å². The van der Waals surface area contributed by atoms with Gasteiger partial charge in [-0.15, -0.1) is 0 Å². The summed E-state index contributed by atoms with van der Waals surface area (Å²) in [5.74, 6) is -0.124. The third-order valence-electron chi connectivity index (χ3n) is 4.99. The maximum absolute atomic E-state index is 11.6. The van der Waals surface area contributed by atoms with Gasteiger partial charge in [0.15, 0.2) is 0 Å². The normalized spacial score (nSPS) is 12.2. The van der Waals surface area contributed by atoms with Gasteiger partial charge in [0.05, 0.1) is 6.10 Å². The van der Waals surface area contributed by atoms with Crippen molar-refractivity contribution in [3.05, 3.63) is 0 Å². The molecule has 0 spiro atoms. The van der Waals surface area contributed by atoms with Crippen LogP contribution in [0.4, 0.5) is 0 Å². The first kappa shape index (κ1) is 26.9. The monoisotopic (exact) mass is 398 g/mol. The maximum Gasteiger partial charge on any atom is 0.306 e. The average Bonchev–Trinajstić information content (AvgIpc) is 2.65. The predicted octanol–water partition coefficient (Wildman–Crippen LogP) is 7.13. The lowest BCUT2D eigenvalue weighted by atomic mass is 10.0. The number of unbranched alkanes of at least 4 members (excludes halogenated alkanes) is 10. The molecule has 0 saturated carbocycles. The van der Waals surface area contributed by atoms with E-state index in [4.69, 9.17) is 9.47 Å². The minimum atomic E-state index is -0.0666. The van der Waals surface area contributed by atoms with E-state index in [1.165, 1.54) is 57.8 Å². The van der Waals surface area contributed by atoms with Crippen LogP contribution in [0.25, 0.3) is 0 Å². The van der Waals surface area contributed by atoms with Crippen LogP contribution in [0, 0.1) is 0 Å². The smallest absolute Gasteiger partial charge is 0.306 e. The molecule has 0 aliphatic heterocycles. The topological polar surface area (TPSA) is 52.6 Å². The Hall–Kier alpha value is -1.06. The van der Waals surface area contributed by atoms with Crippen molar-refractivity contribution in [2.45, 2.75) is 143 Å². The molecule has 0 radical (unpaired) electrons. The first-order valence-corrected chi connectivity index (χ1v) is 11.9. The molecule has 0 unspecified atom stereocenters. The van der Waals surface area contributed by atoms with Crippen LogP contribution in [0.15, 0.2) is 0 Å². The van der Waals surface area contributed by atoms with Crippen LogP contribution in [0.3, 0.4) is 0 Å². The standard InChI is InChI=1S/C24H46O4/c1-5-7-8-15-18-22(28-23(25)6-2)19-16-13-11-9-10-12-14-17-20-24(26)27-21(3)4/h21-22H,5-20H2,1-4H3/t22-/m1/s1. The molecule has 0 rings (SSSR count). The Morgan fingerprint density at radius 2 is 1.14 bits per heavy atom. The first-order chi connectivity index (χ1) is 13.5. The third-order valence-corrected chi connectivity index (χ3v) is 4.99. The van der Waals surface area contributed by atoms with Crippen molar-refractivity contribution in [1.29, 1.82) is 0 Å². The van der Waals surface area contributed by atoms with E-state index in [-0.39, 0.29) is 24.1 Å². The second kappa shape index (κ2) is 19.3. The minimum Gasteiger partial charge on any atom is -0.463 e. The highest BCUT2D eigenvalue weighted by molar-refractivity contribution is 5.69. The van der Waals surface area contributed by atoms with Gasteiger partial charge in [0, 0.05) is 12.8 Å². The second-order valence-electron chi connectivity index (χ2n) is 8.22. The van der Waals surface area contributed by atoms with Gasteiger partial charge in [-0.25, -0.2) is 0 Å². The molecule has 0 bridgehead atoms. The van der Waals surface area contributed by atoms with E-state index in [2.05, 4.69) is 6.92 Å². The van der Waals surface area contributed by atoms with Crippen molar-refractivity contribution in [3.8, 4) is 0 Å². The van der Waals surface area contributed by atoms with Crippen LogP contribution >= 0.6 is 0 Å². The zero-order valence-electron chi connectivity index (χ0n) is 19.1. The molecule has 4 nitrogen and oxygen atoms in total. The molecule has 0 N–H and O–H groups in total. The highest BCUT2D eigenvalue weighted by Gasteiger charge is 2.12. The van der Waals surface area contributed by atoms with Crippen LogP contribution in [-0.4, -0.2) is 24.1 Å². The van der Waals surface area contributed by atoms with E-state index in [1.54, 1.807) is 0 Å². The number of carbonyl (C=O) groups is 2. The maximum atomic E-state index is 11.6. The van der Waals surface area contributed by atoms with E-state index in [0.29, 0.717) is 12.8 Å². The molecular weight excluding hydrogens is 352 g/mol. The number of ether oxygens (including phenoxy) is 2. The second-order valence-corrected chi connectivity index (χ2v) is 8.22. The summed E-state index contributed by atoms with van der Waals surface area (Å²) in [6, 6.07) is 0. The van der Waals surface area contributed by atoms with Gasteiger partial charge in [-0.3, -0.25) is 9.59 Å². The van der Waals surface area contributed by atoms with Crippen molar-refractivity contribution in [2.75, 3.05) is 0 Å². The van der Waals surface area contributed by atoms with Crippen molar-refractivity contribution in [3.63, 3.8) is 0 Å². The molecule has 28 heavy (non-hydrogen) atoms. The van der Waals surface area contributed by atoms with Gasteiger partial charge >= 0.3 is 11.9 Å². The molecule has 0 aromatic rings. The molecule has 0 aliphatic carbocycles. The number of carbonyl (C=O) groups excluding carboxylic acids is 2. The van der Waals surface area contributed by atoms with Crippen molar-refractivity contribution in [1.82, 2.24) is 0 Å². The van der Waals surface area contributed by atoms with Crippen LogP contribution in [-0.2, 0) is 19.1 Å². The first-order valence-electron chi connectivity index (χ1n) is 11.9. The highest BCUT2D eigenvalue weighted by Crippen LogP contribution is 2.17. The molecule has 166 valence electrons. The van der Waals surface area contributed by atoms with Crippen molar-refractivity contribution >= 4 is 11.9 Å². The van der Waals surface area contributed by atoms with Crippen LogP contribution in [0.2, 0.25) is 0 Å². The Morgan fingerprint density at radius 1 is 0.643 bits per heavy atom. The summed E-state index contributed by atoms with van der Waals surface area (Å²) in [6.45, 7) is 7.86. The van der Waals surface area contributed by atoms with Gasteiger partial charge in [-0.2, -0.15) is 0 Å². The molecule has 0 aliphatic rings. The molecule has 0 amide bonds. The van der Waals surface area contributed by atoms with E-state index in [1.807, 2.05) is 20.8 Å². The Labute approximate surface area is 174 Å². The summed E-state index contributed by atoms with van der Waals surface area (Å²) >= 11 is 0. The summed E-state index contributed by atoms with van der Waals surface area (Å²) < 4.78 is 10.8. The Balaban J connectivity index is 3.64. The van der Waals surface area contributed by atoms with Crippen LogP contribution < -0.4 is 0 Å². The van der Waals surface area contributed by atoms with Gasteiger partial charge < -0.3 is 9.47 Å². The zero-order chi connectivity index (χ0) is 21.0. The summed E-state index contributed by atoms with van der Waals surface area (Å²) in [7, 11) is 0. The molecule has 0 fully saturated rings. The lowest BCUT2D eigenvalue weighted by Gasteiger charge is -2.17. The fourth-order valence-corrected chi connectivity index (χ4v) is 3.35. The molecule has 0 aromatic heterocycles. The Kier molecular flexibility index (Phi) is 18.5. The Morgan fingerprint density at radius 3 is 1.64 bits per heavy atom. The third kappa shape index (κ3) is 18.3. The SMILES string of the molecule is CCCCCC[C@H](CCCCCCCCCCC(=O)OC(C)C)OC(=O)CC. The van der Waals surface area contributed by atoms with Gasteiger partial charge in [0.1, 0.15) is 6.10 Å². The lowest BCUT2D eigenvalue weighted by Crippen LogP contribution is -2.17. The largest absolute Gasteiger partial charge is 0.463 e. The number of rotatable bonds is 19. The molecule has 0 heterocycles. The van der Waals surface area contributed by atoms with E-state index < -0.39 is 0 Å². The van der Waals surface area contributed by atoms with E-state index >= 15 is 0 Å². The summed E-state index contributed by atoms with van der Waals surface area (Å²) in [5, 5.41) is 0. The van der Waals surface area contributed by atoms with Gasteiger partial charge in [-0.1, -0.05) is 71.6 Å². The summed E-state index contributed by atoms with van der Waals surface area (Å²) in [5.41, 5.74) is 0. The van der Waals surface area contributed by atoms with Gasteiger partial charge in [0.25, 0.3) is 0 Å².